The number of nitriles is 2. The Kier molecular flexibility index (Phi) is 4.02. The van der Waals surface area contributed by atoms with Crippen LogP contribution in [-0.2, 0) is 0 Å². The highest BCUT2D eigenvalue weighted by molar-refractivity contribution is 5.55. The van der Waals surface area contributed by atoms with Gasteiger partial charge in [0.2, 0.25) is 23.2 Å². The van der Waals surface area contributed by atoms with E-state index in [4.69, 9.17) is 10.5 Å². The average Bonchev–Trinajstić information content (AvgIpc) is 2.55. The number of alkyl halides is 4. The number of allylic oxidation sites excluding steroid dienone is 3. The van der Waals surface area contributed by atoms with Crippen molar-refractivity contribution in [3.05, 3.63) is 52.6 Å². The molecule has 0 fully saturated rings. The first-order chi connectivity index (χ1) is 11.1. The van der Waals surface area contributed by atoms with Gasteiger partial charge in [0.05, 0.1) is 5.56 Å². The zero-order chi connectivity index (χ0) is 18.3. The summed E-state index contributed by atoms with van der Waals surface area (Å²) in [5.74, 6) is -23.4. The van der Waals surface area contributed by atoms with E-state index in [0.717, 1.165) is 18.2 Å². The fourth-order valence-electron chi connectivity index (χ4n) is 1.80. The first-order valence-electron chi connectivity index (χ1n) is 5.92. The minimum absolute atomic E-state index is 0.385. The van der Waals surface area contributed by atoms with E-state index < -0.39 is 46.4 Å². The molecule has 0 atom stereocenters. The van der Waals surface area contributed by atoms with E-state index in [9.17, 15) is 30.7 Å². The van der Waals surface area contributed by atoms with Crippen LogP contribution in [0.2, 0.25) is 0 Å². The van der Waals surface area contributed by atoms with Gasteiger partial charge in [-0.05, 0) is 12.1 Å². The lowest BCUT2D eigenvalue weighted by Gasteiger charge is -2.27. The van der Waals surface area contributed by atoms with Crippen LogP contribution in [0.25, 0.3) is 0 Å². The van der Waals surface area contributed by atoms with E-state index >= 15 is 0 Å². The topological polar surface area (TPSA) is 56.8 Å². The maximum atomic E-state index is 13.6. The Bertz CT molecular complexity index is 859. The summed E-state index contributed by atoms with van der Waals surface area (Å²) >= 11 is 0. The van der Waals surface area contributed by atoms with Crippen molar-refractivity contribution in [1.82, 2.24) is 0 Å². The molecule has 0 N–H and O–H groups in total. The van der Waals surface area contributed by atoms with Gasteiger partial charge in [0.25, 0.3) is 0 Å². The molecule has 0 aromatic heterocycles. The standard InChI is InChI=1S/C14H3F7N2O/c15-9-10(16)14(20,21)12(11(17)13(9,18)19)24-8-3-1-2-6(4-22)7(8)5-23/h1-3H. The quantitative estimate of drug-likeness (QED) is 0.743. The van der Waals surface area contributed by atoms with Gasteiger partial charge in [-0.3, -0.25) is 0 Å². The molecule has 0 aliphatic heterocycles. The van der Waals surface area contributed by atoms with Crippen LogP contribution in [-0.4, -0.2) is 11.8 Å². The Morgan fingerprint density at radius 1 is 0.833 bits per heavy atom. The first-order valence-corrected chi connectivity index (χ1v) is 5.92. The molecule has 0 unspecified atom stereocenters. The molecular weight excluding hydrogens is 345 g/mol. The van der Waals surface area contributed by atoms with Gasteiger partial charge in [0.1, 0.15) is 23.5 Å². The van der Waals surface area contributed by atoms with Gasteiger partial charge in [-0.25, -0.2) is 13.2 Å². The number of hydrogen-bond acceptors (Lipinski definition) is 3. The summed E-state index contributed by atoms with van der Waals surface area (Å²) in [7, 11) is 0. The molecule has 1 aromatic rings. The summed E-state index contributed by atoms with van der Waals surface area (Å²) in [5, 5.41) is 17.6. The van der Waals surface area contributed by atoms with Crippen molar-refractivity contribution in [1.29, 1.82) is 10.5 Å². The highest BCUT2D eigenvalue weighted by Gasteiger charge is 2.61. The summed E-state index contributed by atoms with van der Waals surface area (Å²) < 4.78 is 97.7. The fourth-order valence-corrected chi connectivity index (χ4v) is 1.80. The second-order valence-electron chi connectivity index (χ2n) is 4.42. The maximum absolute atomic E-state index is 13.6. The Morgan fingerprint density at radius 2 is 1.42 bits per heavy atom. The van der Waals surface area contributed by atoms with Crippen molar-refractivity contribution in [2.45, 2.75) is 11.8 Å². The van der Waals surface area contributed by atoms with E-state index in [-0.39, 0.29) is 5.56 Å². The van der Waals surface area contributed by atoms with Crippen LogP contribution in [0, 0.1) is 22.7 Å². The second kappa shape index (κ2) is 5.57. The number of rotatable bonds is 2. The van der Waals surface area contributed by atoms with Crippen molar-refractivity contribution >= 4 is 0 Å². The van der Waals surface area contributed by atoms with Gasteiger partial charge >= 0.3 is 11.8 Å². The monoisotopic (exact) mass is 348 g/mol. The van der Waals surface area contributed by atoms with Gasteiger partial charge in [0, 0.05) is 0 Å². The number of nitrogens with zero attached hydrogens (tertiary/aromatic N) is 2. The van der Waals surface area contributed by atoms with E-state index in [1.165, 1.54) is 12.1 Å². The Balaban J connectivity index is 2.64. The molecule has 24 heavy (non-hydrogen) atoms. The summed E-state index contributed by atoms with van der Waals surface area (Å²) in [6, 6.07) is 5.77. The fraction of sp³-hybridized carbons (Fsp3) is 0.143. The van der Waals surface area contributed by atoms with Crippen LogP contribution in [0.3, 0.4) is 0 Å². The van der Waals surface area contributed by atoms with Gasteiger partial charge in [-0.15, -0.1) is 0 Å². The molecule has 0 saturated carbocycles. The minimum atomic E-state index is -5.29. The third-order valence-electron chi connectivity index (χ3n) is 2.97. The molecule has 1 aromatic carbocycles. The molecule has 3 nitrogen and oxygen atoms in total. The van der Waals surface area contributed by atoms with E-state index in [2.05, 4.69) is 4.74 Å². The number of hydrogen-bond donors (Lipinski definition) is 0. The van der Waals surface area contributed by atoms with E-state index in [1.54, 1.807) is 0 Å². The predicted molar refractivity (Wildman–Crippen MR) is 63.8 cm³/mol. The third-order valence-corrected chi connectivity index (χ3v) is 2.97. The van der Waals surface area contributed by atoms with Crippen molar-refractivity contribution in [2.24, 2.45) is 0 Å². The lowest BCUT2D eigenvalue weighted by molar-refractivity contribution is -0.0425. The Morgan fingerprint density at radius 3 is 1.96 bits per heavy atom. The molecule has 1 aliphatic rings. The average molecular weight is 348 g/mol. The Hall–Kier alpha value is -3.01. The summed E-state index contributed by atoms with van der Waals surface area (Å²) in [6.07, 6.45) is 0. The minimum Gasteiger partial charge on any atom is -0.450 e. The van der Waals surface area contributed by atoms with Crippen LogP contribution in [0.15, 0.2) is 41.4 Å². The molecule has 2 rings (SSSR count). The molecular formula is C14H3F7N2O. The third kappa shape index (κ3) is 2.36. The molecule has 0 heterocycles. The molecule has 124 valence electrons. The van der Waals surface area contributed by atoms with Crippen LogP contribution >= 0.6 is 0 Å². The zero-order valence-corrected chi connectivity index (χ0v) is 11.2. The molecule has 1 aliphatic carbocycles. The van der Waals surface area contributed by atoms with Gasteiger partial charge < -0.3 is 4.74 Å². The van der Waals surface area contributed by atoms with Gasteiger partial charge in [0.15, 0.2) is 0 Å². The van der Waals surface area contributed by atoms with E-state index in [1.807, 2.05) is 0 Å². The zero-order valence-electron chi connectivity index (χ0n) is 11.2. The summed E-state index contributed by atoms with van der Waals surface area (Å²) in [5.41, 5.74) is -1.06. The molecule has 0 spiro atoms. The maximum Gasteiger partial charge on any atom is 0.361 e. The van der Waals surface area contributed by atoms with Gasteiger partial charge in [-0.2, -0.15) is 28.1 Å². The second-order valence-corrected chi connectivity index (χ2v) is 4.42. The van der Waals surface area contributed by atoms with Crippen LogP contribution in [0.1, 0.15) is 11.1 Å². The van der Waals surface area contributed by atoms with Crippen LogP contribution in [0.4, 0.5) is 30.7 Å². The van der Waals surface area contributed by atoms with Crippen LogP contribution < -0.4 is 4.74 Å². The molecule has 0 saturated heterocycles. The highest BCUT2D eigenvalue weighted by Crippen LogP contribution is 2.51. The van der Waals surface area contributed by atoms with Gasteiger partial charge in [-0.1, -0.05) is 6.07 Å². The SMILES string of the molecule is N#Cc1cccc(OC2=C(F)C(F)(F)C(F)=C(F)C2(F)F)c1C#N. The lowest BCUT2D eigenvalue weighted by atomic mass is 10.0. The molecule has 0 bridgehead atoms. The van der Waals surface area contributed by atoms with Crippen molar-refractivity contribution in [3.8, 4) is 17.9 Å². The largest absolute Gasteiger partial charge is 0.450 e. The van der Waals surface area contributed by atoms with E-state index in [0.29, 0.717) is 0 Å². The summed E-state index contributed by atoms with van der Waals surface area (Å²) in [4.78, 5) is 0. The highest BCUT2D eigenvalue weighted by atomic mass is 19.3. The van der Waals surface area contributed by atoms with Crippen molar-refractivity contribution < 1.29 is 35.5 Å². The smallest absolute Gasteiger partial charge is 0.361 e. The first kappa shape index (κ1) is 17.3. The number of ether oxygens (including phenoxy) is 1. The van der Waals surface area contributed by atoms with Crippen molar-refractivity contribution in [3.63, 3.8) is 0 Å². The number of benzene rings is 1. The van der Waals surface area contributed by atoms with Crippen LogP contribution in [0.5, 0.6) is 5.75 Å². The number of halogens is 7. The summed E-state index contributed by atoms with van der Waals surface area (Å²) in [6.45, 7) is 0. The Labute approximate surface area is 129 Å². The molecule has 10 heteroatoms. The van der Waals surface area contributed by atoms with Crippen molar-refractivity contribution in [2.75, 3.05) is 0 Å². The predicted octanol–water partition coefficient (Wildman–Crippen LogP) is 4.42. The molecule has 0 radical (unpaired) electrons. The normalized spacial score (nSPS) is 18.9. The molecule has 0 amide bonds. The lowest BCUT2D eigenvalue weighted by Crippen LogP contribution is -2.37.